The molecule has 0 heterocycles. The third-order valence-corrected chi connectivity index (χ3v) is 8.60. The molecule has 2 N–H and O–H groups in total. The Labute approximate surface area is 183 Å². The number of hydrogen-bond donors (Lipinski definition) is 2. The fourth-order valence-corrected chi connectivity index (χ4v) is 6.57. The summed E-state index contributed by atoms with van der Waals surface area (Å²) in [5.41, 5.74) is 2.76. The Hall–Kier alpha value is -0.930. The summed E-state index contributed by atoms with van der Waals surface area (Å²) < 4.78 is 14.0. The van der Waals surface area contributed by atoms with Gasteiger partial charge in [0.25, 0.3) is 0 Å². The Bertz CT molecular complexity index is 685. The molecule has 3 saturated carbocycles. The van der Waals surface area contributed by atoms with Crippen molar-refractivity contribution in [3.05, 3.63) is 35.5 Å². The highest BCUT2D eigenvalue weighted by atomic mass is 19.1. The monoisotopic (exact) mass is 418 g/mol. The van der Waals surface area contributed by atoms with Gasteiger partial charge in [-0.05, 0) is 107 Å². The third-order valence-electron chi connectivity index (χ3n) is 8.60. The third kappa shape index (κ3) is 5.10. The molecule has 2 nitrogen and oxygen atoms in total. The van der Waals surface area contributed by atoms with Gasteiger partial charge in [0.05, 0.1) is 12.2 Å². The van der Waals surface area contributed by atoms with Crippen LogP contribution in [0.5, 0.6) is 0 Å². The molecule has 0 aliphatic heterocycles. The highest BCUT2D eigenvalue weighted by Crippen LogP contribution is 2.60. The number of aliphatic hydroxyl groups excluding tert-OH is 2. The molecule has 0 amide bonds. The molecule has 3 rings (SSSR count). The van der Waals surface area contributed by atoms with Crippen LogP contribution in [0.4, 0.5) is 4.39 Å². The molecule has 6 atom stereocenters. The molecule has 0 aromatic carbocycles. The maximum atomic E-state index is 14.0. The van der Waals surface area contributed by atoms with Gasteiger partial charge in [-0.15, -0.1) is 0 Å². The molecule has 3 fully saturated rings. The van der Waals surface area contributed by atoms with Gasteiger partial charge < -0.3 is 10.2 Å². The van der Waals surface area contributed by atoms with Crippen molar-refractivity contribution in [1.82, 2.24) is 0 Å². The van der Waals surface area contributed by atoms with Crippen molar-refractivity contribution >= 4 is 0 Å². The van der Waals surface area contributed by atoms with Crippen LogP contribution in [0, 0.1) is 23.2 Å². The van der Waals surface area contributed by atoms with Gasteiger partial charge in [0.15, 0.2) is 0 Å². The van der Waals surface area contributed by atoms with Crippen molar-refractivity contribution in [3.63, 3.8) is 0 Å². The summed E-state index contributed by atoms with van der Waals surface area (Å²) in [7, 11) is 0. The number of fused-ring (bicyclic) bond motifs is 1. The Morgan fingerprint density at radius 1 is 1.20 bits per heavy atom. The molecule has 0 radical (unpaired) electrons. The highest BCUT2D eigenvalue weighted by molar-refractivity contribution is 5.36. The molecule has 30 heavy (non-hydrogen) atoms. The second-order valence-corrected chi connectivity index (χ2v) is 11.2. The van der Waals surface area contributed by atoms with Gasteiger partial charge in [-0.1, -0.05) is 43.7 Å². The van der Waals surface area contributed by atoms with Gasteiger partial charge in [-0.2, -0.15) is 0 Å². The van der Waals surface area contributed by atoms with Gasteiger partial charge in [-0.3, -0.25) is 0 Å². The van der Waals surface area contributed by atoms with Gasteiger partial charge in [0.2, 0.25) is 0 Å². The molecule has 0 aromatic heterocycles. The number of halogens is 1. The first-order chi connectivity index (χ1) is 14.0. The smallest absolute Gasteiger partial charge is 0.131 e. The van der Waals surface area contributed by atoms with E-state index in [2.05, 4.69) is 32.6 Å². The summed E-state index contributed by atoms with van der Waals surface area (Å²) in [6.45, 7) is 11.9. The molecule has 3 aliphatic carbocycles. The van der Waals surface area contributed by atoms with E-state index in [1.807, 2.05) is 0 Å². The Kier molecular flexibility index (Phi) is 7.34. The van der Waals surface area contributed by atoms with E-state index in [0.29, 0.717) is 29.6 Å². The Morgan fingerprint density at radius 2 is 1.93 bits per heavy atom. The number of rotatable bonds is 6. The van der Waals surface area contributed by atoms with Crippen molar-refractivity contribution < 1.29 is 14.6 Å². The minimum Gasteiger partial charge on any atom is -0.393 e. The average Bonchev–Trinajstić information content (AvgIpc) is 3.03. The number of aliphatic hydroxyl groups is 2. The van der Waals surface area contributed by atoms with Gasteiger partial charge in [-0.25, -0.2) is 4.39 Å². The van der Waals surface area contributed by atoms with E-state index in [-0.39, 0.29) is 6.10 Å². The van der Waals surface area contributed by atoms with E-state index < -0.39 is 11.8 Å². The summed E-state index contributed by atoms with van der Waals surface area (Å²) in [5, 5.41) is 20.2. The predicted molar refractivity (Wildman–Crippen MR) is 123 cm³/mol. The van der Waals surface area contributed by atoms with Crippen molar-refractivity contribution in [3.8, 4) is 0 Å². The summed E-state index contributed by atoms with van der Waals surface area (Å²) in [4.78, 5) is 0. The molecule has 170 valence electrons. The lowest BCUT2D eigenvalue weighted by Crippen LogP contribution is -2.37. The van der Waals surface area contributed by atoms with Crippen LogP contribution in [0.1, 0.15) is 91.9 Å². The van der Waals surface area contributed by atoms with Crippen LogP contribution >= 0.6 is 0 Å². The molecule has 0 saturated heterocycles. The van der Waals surface area contributed by atoms with Crippen LogP contribution in [-0.4, -0.2) is 28.1 Å². The molecule has 3 aliphatic rings. The van der Waals surface area contributed by atoms with Crippen molar-refractivity contribution in [2.75, 3.05) is 0 Å². The quantitative estimate of drug-likeness (QED) is 0.505. The van der Waals surface area contributed by atoms with E-state index in [0.717, 1.165) is 25.7 Å². The summed E-state index contributed by atoms with van der Waals surface area (Å²) in [6.07, 6.45) is 13.5. The maximum absolute atomic E-state index is 14.0. The fraction of sp³-hybridized carbons (Fsp3) is 0.778. The SMILES string of the molecule is C=C1CC[C@H](O)C/C1=C\C=C1/CCC[C@]2(C)[C@@H]([C@H](C)CC[C@@H](O)C(C)(C)F)CC[C@@H]12. The topological polar surface area (TPSA) is 40.5 Å². The van der Waals surface area contributed by atoms with E-state index in [1.165, 1.54) is 57.1 Å². The zero-order valence-corrected chi connectivity index (χ0v) is 19.6. The second-order valence-electron chi connectivity index (χ2n) is 11.2. The Morgan fingerprint density at radius 3 is 2.63 bits per heavy atom. The van der Waals surface area contributed by atoms with Gasteiger partial charge in [0, 0.05) is 0 Å². The van der Waals surface area contributed by atoms with Crippen molar-refractivity contribution in [1.29, 1.82) is 0 Å². The lowest BCUT2D eigenvalue weighted by Gasteiger charge is -2.44. The zero-order valence-electron chi connectivity index (χ0n) is 19.6. The lowest BCUT2D eigenvalue weighted by molar-refractivity contribution is 0.00301. The van der Waals surface area contributed by atoms with Crippen molar-refractivity contribution in [2.45, 2.75) is 110 Å². The second kappa shape index (κ2) is 9.28. The van der Waals surface area contributed by atoms with Crippen LogP contribution in [0.15, 0.2) is 35.5 Å². The summed E-state index contributed by atoms with van der Waals surface area (Å²) >= 11 is 0. The van der Waals surface area contributed by atoms with E-state index >= 15 is 0 Å². The predicted octanol–water partition coefficient (Wildman–Crippen LogP) is 6.68. The van der Waals surface area contributed by atoms with Gasteiger partial charge >= 0.3 is 0 Å². The Balaban J connectivity index is 1.69. The van der Waals surface area contributed by atoms with E-state index in [4.69, 9.17) is 0 Å². The summed E-state index contributed by atoms with van der Waals surface area (Å²) in [6, 6.07) is 0. The zero-order chi connectivity index (χ0) is 22.1. The fourth-order valence-electron chi connectivity index (χ4n) is 6.57. The van der Waals surface area contributed by atoms with Gasteiger partial charge in [0.1, 0.15) is 5.67 Å². The molecule has 0 aromatic rings. The number of alkyl halides is 1. The first-order valence-corrected chi connectivity index (χ1v) is 12.1. The molecule has 0 bridgehead atoms. The number of hydrogen-bond acceptors (Lipinski definition) is 2. The largest absolute Gasteiger partial charge is 0.393 e. The molecule has 3 heteroatoms. The molecular formula is C27H43FO2. The molecule has 0 unspecified atom stereocenters. The lowest BCUT2D eigenvalue weighted by atomic mass is 9.60. The molecular weight excluding hydrogens is 375 g/mol. The van der Waals surface area contributed by atoms with Crippen LogP contribution < -0.4 is 0 Å². The minimum absolute atomic E-state index is 0.224. The van der Waals surface area contributed by atoms with Crippen molar-refractivity contribution in [2.24, 2.45) is 23.2 Å². The van der Waals surface area contributed by atoms with Crippen LogP contribution in [-0.2, 0) is 0 Å². The molecule has 0 spiro atoms. The van der Waals surface area contributed by atoms with E-state index in [1.54, 1.807) is 5.57 Å². The maximum Gasteiger partial charge on any atom is 0.131 e. The standard InChI is InChI=1S/C27H43FO2/c1-18-8-12-22(29)17-21(18)11-10-20-7-6-16-27(5)23(13-14-24(20)27)19(2)9-15-25(30)26(3,4)28/h10-11,19,22-25,29-30H,1,6-9,12-17H2,2-5H3/b20-10+,21-11+/t19-,22+,23-,24+,25-,27-/m1/s1. The normalized spacial score (nSPS) is 37.4. The van der Waals surface area contributed by atoms with Crippen LogP contribution in [0.25, 0.3) is 0 Å². The first-order valence-electron chi connectivity index (χ1n) is 12.1. The highest BCUT2D eigenvalue weighted by Gasteiger charge is 2.50. The summed E-state index contributed by atoms with van der Waals surface area (Å²) in [5.74, 6) is 1.77. The first kappa shape index (κ1) is 23.7. The van der Waals surface area contributed by atoms with Crippen LogP contribution in [0.2, 0.25) is 0 Å². The van der Waals surface area contributed by atoms with E-state index in [9.17, 15) is 14.6 Å². The van der Waals surface area contributed by atoms with Crippen LogP contribution in [0.3, 0.4) is 0 Å². The number of allylic oxidation sites excluding steroid dienone is 4. The average molecular weight is 419 g/mol. The minimum atomic E-state index is -1.52.